The SMILES string of the molecule is CC[C@]1(C)CN(C(=O)NCc2cncc(C)c2)CCO1. The highest BCUT2D eigenvalue weighted by Crippen LogP contribution is 2.20. The van der Waals surface area contributed by atoms with Gasteiger partial charge in [-0.2, -0.15) is 0 Å². The molecule has 0 aliphatic carbocycles. The number of carbonyl (C=O) groups is 1. The second-order valence-electron chi connectivity index (χ2n) is 5.60. The van der Waals surface area contributed by atoms with Crippen LogP contribution in [0.1, 0.15) is 31.4 Å². The van der Waals surface area contributed by atoms with E-state index >= 15 is 0 Å². The largest absolute Gasteiger partial charge is 0.372 e. The van der Waals surface area contributed by atoms with Gasteiger partial charge in [-0.3, -0.25) is 4.98 Å². The van der Waals surface area contributed by atoms with Crippen molar-refractivity contribution >= 4 is 6.03 Å². The van der Waals surface area contributed by atoms with Gasteiger partial charge >= 0.3 is 6.03 Å². The van der Waals surface area contributed by atoms with Crippen LogP contribution in [0.2, 0.25) is 0 Å². The molecule has 1 N–H and O–H groups in total. The van der Waals surface area contributed by atoms with Crippen LogP contribution < -0.4 is 5.32 Å². The van der Waals surface area contributed by atoms with Gasteiger partial charge in [0.25, 0.3) is 0 Å². The van der Waals surface area contributed by atoms with E-state index in [0.29, 0.717) is 26.2 Å². The average molecular weight is 277 g/mol. The van der Waals surface area contributed by atoms with Crippen molar-refractivity contribution in [2.24, 2.45) is 0 Å². The second-order valence-corrected chi connectivity index (χ2v) is 5.60. The van der Waals surface area contributed by atoms with Gasteiger partial charge < -0.3 is 15.0 Å². The lowest BCUT2D eigenvalue weighted by molar-refractivity contribution is -0.0872. The number of urea groups is 1. The number of nitrogens with zero attached hydrogens (tertiary/aromatic N) is 2. The van der Waals surface area contributed by atoms with Crippen LogP contribution in [0.25, 0.3) is 0 Å². The van der Waals surface area contributed by atoms with Crippen molar-refractivity contribution in [2.45, 2.75) is 39.3 Å². The summed E-state index contributed by atoms with van der Waals surface area (Å²) in [5, 5.41) is 2.95. The van der Waals surface area contributed by atoms with E-state index in [1.807, 2.05) is 17.9 Å². The van der Waals surface area contributed by atoms with Gasteiger partial charge in [0.15, 0.2) is 0 Å². The topological polar surface area (TPSA) is 54.5 Å². The van der Waals surface area contributed by atoms with E-state index in [2.05, 4.69) is 24.1 Å². The number of amides is 2. The van der Waals surface area contributed by atoms with E-state index in [-0.39, 0.29) is 11.6 Å². The molecule has 5 heteroatoms. The maximum Gasteiger partial charge on any atom is 0.317 e. The molecule has 0 bridgehead atoms. The van der Waals surface area contributed by atoms with Gasteiger partial charge in [0, 0.05) is 25.5 Å². The summed E-state index contributed by atoms with van der Waals surface area (Å²) in [5.74, 6) is 0. The summed E-state index contributed by atoms with van der Waals surface area (Å²) in [5.41, 5.74) is 1.90. The molecular formula is C15H23N3O2. The molecule has 2 amide bonds. The van der Waals surface area contributed by atoms with E-state index in [1.54, 1.807) is 12.4 Å². The van der Waals surface area contributed by atoms with Gasteiger partial charge in [-0.25, -0.2) is 4.79 Å². The Morgan fingerprint density at radius 1 is 1.55 bits per heavy atom. The number of morpholine rings is 1. The molecule has 0 radical (unpaired) electrons. The van der Waals surface area contributed by atoms with Crippen LogP contribution in [0.3, 0.4) is 0 Å². The summed E-state index contributed by atoms with van der Waals surface area (Å²) in [7, 11) is 0. The molecule has 0 unspecified atom stereocenters. The smallest absolute Gasteiger partial charge is 0.317 e. The number of rotatable bonds is 3. The lowest BCUT2D eigenvalue weighted by Gasteiger charge is -2.39. The number of nitrogens with one attached hydrogen (secondary N) is 1. The second kappa shape index (κ2) is 6.22. The maximum absolute atomic E-state index is 12.2. The molecule has 1 aromatic rings. The Balaban J connectivity index is 1.88. The third-order valence-corrected chi connectivity index (χ3v) is 3.75. The highest BCUT2D eigenvalue weighted by molar-refractivity contribution is 5.74. The standard InChI is InChI=1S/C15H23N3O2/c1-4-15(3)11-18(5-6-20-15)14(19)17-10-13-7-12(2)8-16-9-13/h7-9H,4-6,10-11H2,1-3H3,(H,17,19)/t15-/m1/s1. The molecule has 0 saturated carbocycles. The maximum atomic E-state index is 12.2. The lowest BCUT2D eigenvalue weighted by Crippen LogP contribution is -2.54. The lowest BCUT2D eigenvalue weighted by atomic mass is 10.0. The number of carbonyl (C=O) groups excluding carboxylic acids is 1. The molecule has 2 rings (SSSR count). The molecule has 5 nitrogen and oxygen atoms in total. The molecule has 1 aromatic heterocycles. The van der Waals surface area contributed by atoms with E-state index in [4.69, 9.17) is 4.74 Å². The highest BCUT2D eigenvalue weighted by Gasteiger charge is 2.32. The minimum atomic E-state index is -0.222. The normalized spacial score (nSPS) is 22.6. The summed E-state index contributed by atoms with van der Waals surface area (Å²) in [4.78, 5) is 18.2. The fourth-order valence-electron chi connectivity index (χ4n) is 2.32. The monoisotopic (exact) mass is 277 g/mol. The molecule has 1 aliphatic heterocycles. The van der Waals surface area contributed by atoms with E-state index in [9.17, 15) is 4.79 Å². The summed E-state index contributed by atoms with van der Waals surface area (Å²) in [6.45, 7) is 8.52. The van der Waals surface area contributed by atoms with Crippen LogP contribution in [-0.2, 0) is 11.3 Å². The molecule has 20 heavy (non-hydrogen) atoms. The molecule has 1 fully saturated rings. The van der Waals surface area contributed by atoms with Crippen molar-refractivity contribution in [3.63, 3.8) is 0 Å². The molecule has 1 atom stereocenters. The van der Waals surface area contributed by atoms with Crippen LogP contribution in [-0.4, -0.2) is 41.2 Å². The van der Waals surface area contributed by atoms with Gasteiger partial charge in [-0.05, 0) is 31.4 Å². The van der Waals surface area contributed by atoms with Gasteiger partial charge in [0.2, 0.25) is 0 Å². The Hall–Kier alpha value is -1.62. The van der Waals surface area contributed by atoms with Crippen molar-refractivity contribution in [1.82, 2.24) is 15.2 Å². The zero-order chi connectivity index (χ0) is 14.6. The number of hydrogen-bond acceptors (Lipinski definition) is 3. The third kappa shape index (κ3) is 3.70. The van der Waals surface area contributed by atoms with Gasteiger partial charge in [-0.15, -0.1) is 0 Å². The van der Waals surface area contributed by atoms with Crippen LogP contribution in [0.4, 0.5) is 4.79 Å². The predicted molar refractivity (Wildman–Crippen MR) is 77.4 cm³/mol. The number of pyridine rings is 1. The van der Waals surface area contributed by atoms with Crippen LogP contribution in [0, 0.1) is 6.92 Å². The summed E-state index contributed by atoms with van der Waals surface area (Å²) in [6.07, 6.45) is 4.49. The van der Waals surface area contributed by atoms with Crippen LogP contribution >= 0.6 is 0 Å². The van der Waals surface area contributed by atoms with Crippen LogP contribution in [0.5, 0.6) is 0 Å². The van der Waals surface area contributed by atoms with Gasteiger partial charge in [-0.1, -0.05) is 13.0 Å². The van der Waals surface area contributed by atoms with Gasteiger partial charge in [0.1, 0.15) is 0 Å². The number of aryl methyl sites for hydroxylation is 1. The summed E-state index contributed by atoms with van der Waals surface area (Å²) < 4.78 is 5.74. The van der Waals surface area contributed by atoms with Crippen molar-refractivity contribution in [3.8, 4) is 0 Å². The number of ether oxygens (including phenoxy) is 1. The van der Waals surface area contributed by atoms with E-state index in [1.165, 1.54) is 0 Å². The Morgan fingerprint density at radius 2 is 2.35 bits per heavy atom. The predicted octanol–water partition coefficient (Wildman–Crippen LogP) is 2.10. The fraction of sp³-hybridized carbons (Fsp3) is 0.600. The first kappa shape index (κ1) is 14.8. The number of aromatic nitrogens is 1. The molecule has 0 aromatic carbocycles. The highest BCUT2D eigenvalue weighted by atomic mass is 16.5. The summed E-state index contributed by atoms with van der Waals surface area (Å²) in [6, 6.07) is 2.00. The van der Waals surface area contributed by atoms with Crippen LogP contribution in [0.15, 0.2) is 18.5 Å². The van der Waals surface area contributed by atoms with Crippen molar-refractivity contribution in [1.29, 1.82) is 0 Å². The van der Waals surface area contributed by atoms with E-state index in [0.717, 1.165) is 17.5 Å². The van der Waals surface area contributed by atoms with Crippen molar-refractivity contribution < 1.29 is 9.53 Å². The minimum absolute atomic E-state index is 0.0329. The Kier molecular flexibility index (Phi) is 4.60. The molecule has 1 saturated heterocycles. The van der Waals surface area contributed by atoms with Gasteiger partial charge in [0.05, 0.1) is 18.8 Å². The molecule has 110 valence electrons. The molecule has 0 spiro atoms. The Bertz CT molecular complexity index is 478. The molecule has 2 heterocycles. The Labute approximate surface area is 120 Å². The molecular weight excluding hydrogens is 254 g/mol. The Morgan fingerprint density at radius 3 is 3.05 bits per heavy atom. The first-order valence-corrected chi connectivity index (χ1v) is 7.10. The zero-order valence-electron chi connectivity index (χ0n) is 12.5. The first-order chi connectivity index (χ1) is 9.52. The summed E-state index contributed by atoms with van der Waals surface area (Å²) >= 11 is 0. The fourth-order valence-corrected chi connectivity index (χ4v) is 2.32. The average Bonchev–Trinajstić information content (AvgIpc) is 2.45. The van der Waals surface area contributed by atoms with Crippen molar-refractivity contribution in [3.05, 3.63) is 29.6 Å². The minimum Gasteiger partial charge on any atom is -0.372 e. The quantitative estimate of drug-likeness (QED) is 0.920. The molecule has 1 aliphatic rings. The van der Waals surface area contributed by atoms with Crippen molar-refractivity contribution in [2.75, 3.05) is 19.7 Å². The van der Waals surface area contributed by atoms with E-state index < -0.39 is 0 Å². The zero-order valence-corrected chi connectivity index (χ0v) is 12.5. The first-order valence-electron chi connectivity index (χ1n) is 7.10. The number of hydrogen-bond donors (Lipinski definition) is 1. The third-order valence-electron chi connectivity index (χ3n) is 3.75.